The highest BCUT2D eigenvalue weighted by Gasteiger charge is 2.33. The molecule has 0 radical (unpaired) electrons. The van der Waals surface area contributed by atoms with Gasteiger partial charge in [0.15, 0.2) is 0 Å². The number of ether oxygens (including phenoxy) is 1. The van der Waals surface area contributed by atoms with Crippen molar-refractivity contribution in [2.24, 2.45) is 0 Å². The second kappa shape index (κ2) is 8.15. The van der Waals surface area contributed by atoms with E-state index in [1.165, 1.54) is 24.3 Å². The molecule has 0 unspecified atom stereocenters. The first kappa shape index (κ1) is 19.9. The van der Waals surface area contributed by atoms with Crippen molar-refractivity contribution in [1.82, 2.24) is 14.8 Å². The molecule has 0 atom stereocenters. The molecule has 4 rings (SSSR count). The van der Waals surface area contributed by atoms with E-state index in [1.54, 1.807) is 13.2 Å². The van der Waals surface area contributed by atoms with Gasteiger partial charge in [0, 0.05) is 30.2 Å². The summed E-state index contributed by atoms with van der Waals surface area (Å²) in [6, 6.07) is 14.5. The summed E-state index contributed by atoms with van der Waals surface area (Å²) in [5.74, 6) is 0.297. The molecule has 1 N–H and O–H groups in total. The number of carbonyl (C=O) groups excluding carboxylic acids is 2. The minimum Gasteiger partial charge on any atom is -0.497 e. The van der Waals surface area contributed by atoms with Crippen LogP contribution in [0.2, 0.25) is 0 Å². The Balaban J connectivity index is 1.49. The van der Waals surface area contributed by atoms with Gasteiger partial charge < -0.3 is 14.6 Å². The van der Waals surface area contributed by atoms with Crippen molar-refractivity contribution < 1.29 is 19.2 Å². The predicted octanol–water partition coefficient (Wildman–Crippen LogP) is 3.49. The van der Waals surface area contributed by atoms with Crippen molar-refractivity contribution in [2.75, 3.05) is 7.11 Å². The van der Waals surface area contributed by atoms with E-state index in [4.69, 9.17) is 4.74 Å². The van der Waals surface area contributed by atoms with E-state index in [1.807, 2.05) is 47.3 Å². The van der Waals surface area contributed by atoms with Gasteiger partial charge >= 0.3 is 6.03 Å². The minimum atomic E-state index is -0.538. The van der Waals surface area contributed by atoms with Crippen molar-refractivity contribution >= 4 is 23.7 Å². The Morgan fingerprint density at radius 1 is 1.06 bits per heavy atom. The van der Waals surface area contributed by atoms with Gasteiger partial charge in [-0.05, 0) is 47.5 Å². The monoisotopic (exact) mass is 418 g/mol. The summed E-state index contributed by atoms with van der Waals surface area (Å²) in [6.45, 7) is 0.0207. The molecule has 31 heavy (non-hydrogen) atoms. The van der Waals surface area contributed by atoms with Crippen LogP contribution >= 0.6 is 0 Å². The van der Waals surface area contributed by atoms with Crippen LogP contribution in [0.4, 0.5) is 10.5 Å². The fourth-order valence-corrected chi connectivity index (χ4v) is 3.20. The van der Waals surface area contributed by atoms with E-state index in [9.17, 15) is 19.7 Å². The molecule has 9 heteroatoms. The number of nitrogens with zero attached hydrogens (tertiary/aromatic N) is 3. The molecule has 156 valence electrons. The highest BCUT2D eigenvalue weighted by Crippen LogP contribution is 2.20. The third kappa shape index (κ3) is 4.15. The minimum absolute atomic E-state index is 0.0207. The highest BCUT2D eigenvalue weighted by atomic mass is 16.6. The average molecular weight is 418 g/mol. The van der Waals surface area contributed by atoms with Crippen LogP contribution in [0.15, 0.2) is 72.7 Å². The number of hydrogen-bond acceptors (Lipinski definition) is 5. The molecule has 1 aromatic heterocycles. The Bertz CT molecular complexity index is 1180. The Morgan fingerprint density at radius 3 is 2.42 bits per heavy atom. The van der Waals surface area contributed by atoms with Gasteiger partial charge in [-0.2, -0.15) is 0 Å². The summed E-state index contributed by atoms with van der Waals surface area (Å²) in [5, 5.41) is 13.3. The summed E-state index contributed by atoms with van der Waals surface area (Å²) < 4.78 is 7.05. The van der Waals surface area contributed by atoms with Gasteiger partial charge in [0.25, 0.3) is 11.6 Å². The maximum Gasteiger partial charge on any atom is 0.329 e. The number of methoxy groups -OCH3 is 1. The second-order valence-corrected chi connectivity index (χ2v) is 6.85. The number of carbonyl (C=O) groups is 2. The van der Waals surface area contributed by atoms with Crippen molar-refractivity contribution in [3.63, 3.8) is 0 Å². The van der Waals surface area contributed by atoms with E-state index in [2.05, 4.69) is 5.32 Å². The molecule has 0 aliphatic carbocycles. The zero-order valence-corrected chi connectivity index (χ0v) is 16.5. The van der Waals surface area contributed by atoms with Crippen LogP contribution in [0, 0.1) is 10.1 Å². The number of urea groups is 1. The van der Waals surface area contributed by atoms with Crippen LogP contribution in [0.5, 0.6) is 5.75 Å². The lowest BCUT2D eigenvalue weighted by molar-refractivity contribution is -0.384. The van der Waals surface area contributed by atoms with Gasteiger partial charge in [-0.15, -0.1) is 0 Å². The lowest BCUT2D eigenvalue weighted by atomic mass is 10.2. The zero-order valence-electron chi connectivity index (χ0n) is 16.5. The summed E-state index contributed by atoms with van der Waals surface area (Å²) in [4.78, 5) is 36.3. The zero-order chi connectivity index (χ0) is 22.0. The molecule has 1 saturated heterocycles. The van der Waals surface area contributed by atoms with E-state index in [-0.39, 0.29) is 17.9 Å². The number of nitro groups is 1. The van der Waals surface area contributed by atoms with Crippen LogP contribution in [-0.4, -0.2) is 33.4 Å². The fourth-order valence-electron chi connectivity index (χ4n) is 3.20. The third-order valence-electron chi connectivity index (χ3n) is 4.85. The van der Waals surface area contributed by atoms with Crippen molar-refractivity contribution in [3.8, 4) is 11.4 Å². The first-order valence-electron chi connectivity index (χ1n) is 9.35. The van der Waals surface area contributed by atoms with E-state index in [0.29, 0.717) is 5.56 Å². The predicted molar refractivity (Wildman–Crippen MR) is 112 cm³/mol. The van der Waals surface area contributed by atoms with Crippen LogP contribution in [0.3, 0.4) is 0 Å². The average Bonchev–Trinajstić information content (AvgIpc) is 3.34. The van der Waals surface area contributed by atoms with E-state index in [0.717, 1.165) is 21.9 Å². The molecule has 0 saturated carbocycles. The van der Waals surface area contributed by atoms with E-state index < -0.39 is 16.9 Å². The number of aromatic nitrogens is 1. The maximum absolute atomic E-state index is 12.7. The summed E-state index contributed by atoms with van der Waals surface area (Å²) in [6.07, 6.45) is 5.30. The molecule has 0 bridgehead atoms. The van der Waals surface area contributed by atoms with Crippen molar-refractivity contribution in [1.29, 1.82) is 0 Å². The molecule has 3 amide bonds. The summed E-state index contributed by atoms with van der Waals surface area (Å²) in [5.41, 5.74) is 2.40. The number of nitro benzene ring substituents is 1. The first-order valence-corrected chi connectivity index (χ1v) is 9.35. The van der Waals surface area contributed by atoms with Crippen LogP contribution in [0.25, 0.3) is 11.8 Å². The quantitative estimate of drug-likeness (QED) is 0.285. The number of benzene rings is 2. The molecular weight excluding hydrogens is 400 g/mol. The molecule has 9 nitrogen and oxygen atoms in total. The van der Waals surface area contributed by atoms with Crippen LogP contribution in [-0.2, 0) is 11.3 Å². The van der Waals surface area contributed by atoms with E-state index >= 15 is 0 Å². The lowest BCUT2D eigenvalue weighted by Gasteiger charge is -2.11. The van der Waals surface area contributed by atoms with Crippen LogP contribution in [0.1, 0.15) is 11.1 Å². The fraction of sp³-hybridized carbons (Fsp3) is 0.0909. The van der Waals surface area contributed by atoms with Crippen molar-refractivity contribution in [2.45, 2.75) is 6.54 Å². The maximum atomic E-state index is 12.7. The first-order chi connectivity index (χ1) is 14.9. The van der Waals surface area contributed by atoms with Gasteiger partial charge in [0.1, 0.15) is 11.4 Å². The molecule has 3 aromatic rings. The molecule has 0 spiro atoms. The molecule has 2 heterocycles. The highest BCUT2D eigenvalue weighted by molar-refractivity contribution is 6.13. The standard InChI is InChI=1S/C22H18N4O5/c1-31-19-8-6-17(7-9-19)24-11-10-16(13-24)12-20-21(27)25(22(28)23-20)14-15-2-4-18(5-3-15)26(29)30/h2-13H,14H2,1H3,(H,23,28)/b20-12+. The van der Waals surface area contributed by atoms with Gasteiger partial charge in [-0.3, -0.25) is 19.8 Å². The molecule has 1 aliphatic rings. The number of nitrogens with one attached hydrogen (secondary N) is 1. The van der Waals surface area contributed by atoms with Gasteiger partial charge in [-0.25, -0.2) is 4.79 Å². The Morgan fingerprint density at radius 2 is 1.77 bits per heavy atom. The third-order valence-corrected chi connectivity index (χ3v) is 4.85. The largest absolute Gasteiger partial charge is 0.497 e. The molecule has 1 fully saturated rings. The normalized spacial score (nSPS) is 14.7. The van der Waals surface area contributed by atoms with Gasteiger partial charge in [-0.1, -0.05) is 12.1 Å². The Hall–Kier alpha value is -4.40. The Kier molecular flexibility index (Phi) is 5.23. The van der Waals surface area contributed by atoms with Gasteiger partial charge in [0.2, 0.25) is 0 Å². The number of amides is 3. The SMILES string of the molecule is COc1ccc(-n2ccc(/C=C3/NC(=O)N(Cc4ccc([N+](=O)[O-])cc4)C3=O)c2)cc1. The van der Waals surface area contributed by atoms with Crippen molar-refractivity contribution in [3.05, 3.63) is 93.9 Å². The molecule has 1 aliphatic heterocycles. The summed E-state index contributed by atoms with van der Waals surface area (Å²) in [7, 11) is 1.60. The number of rotatable bonds is 6. The molecule has 2 aromatic carbocycles. The molecular formula is C22H18N4O5. The number of non-ortho nitro benzene ring substituents is 1. The van der Waals surface area contributed by atoms with Gasteiger partial charge in [0.05, 0.1) is 18.6 Å². The lowest BCUT2D eigenvalue weighted by Crippen LogP contribution is -2.30. The second-order valence-electron chi connectivity index (χ2n) is 6.85. The van der Waals surface area contributed by atoms with Crippen LogP contribution < -0.4 is 10.1 Å². The number of hydrogen-bond donors (Lipinski definition) is 1. The Labute approximate surface area is 177 Å². The smallest absolute Gasteiger partial charge is 0.329 e. The number of imide groups is 1. The topological polar surface area (TPSA) is 107 Å². The summed E-state index contributed by atoms with van der Waals surface area (Å²) >= 11 is 0.